The molecule has 0 spiro atoms. The van der Waals surface area contributed by atoms with Gasteiger partial charge in [0.25, 0.3) is 5.91 Å². The zero-order valence-corrected chi connectivity index (χ0v) is 8.75. The largest absolute Gasteiger partial charge is 0.469 e. The van der Waals surface area contributed by atoms with Gasteiger partial charge in [0.1, 0.15) is 5.76 Å². The Hall–Kier alpha value is -1.29. The lowest BCUT2D eigenvalue weighted by Gasteiger charge is -2.40. The fourth-order valence-corrected chi connectivity index (χ4v) is 1.85. The van der Waals surface area contributed by atoms with Crippen LogP contribution >= 0.6 is 0 Å². The molecule has 1 aliphatic carbocycles. The Morgan fingerprint density at radius 3 is 2.80 bits per heavy atom. The summed E-state index contributed by atoms with van der Waals surface area (Å²) in [6, 6.07) is 1.65. The van der Waals surface area contributed by atoms with Gasteiger partial charge in [-0.1, -0.05) is 0 Å². The predicted octanol–water partition coefficient (Wildman–Crippen LogP) is 1.23. The average Bonchev–Trinajstić information content (AvgIpc) is 2.58. The average molecular weight is 209 g/mol. The summed E-state index contributed by atoms with van der Waals surface area (Å²) in [5.74, 6) is 0.454. The van der Waals surface area contributed by atoms with E-state index in [9.17, 15) is 9.90 Å². The second kappa shape index (κ2) is 3.70. The molecule has 4 heteroatoms. The maximum atomic E-state index is 11.8. The minimum Gasteiger partial charge on any atom is -0.469 e. The van der Waals surface area contributed by atoms with Crippen LogP contribution in [0.15, 0.2) is 16.7 Å². The molecule has 0 atom stereocenters. The van der Waals surface area contributed by atoms with Gasteiger partial charge >= 0.3 is 0 Å². The van der Waals surface area contributed by atoms with E-state index < -0.39 is 0 Å². The molecule has 0 unspecified atom stereocenters. The van der Waals surface area contributed by atoms with Gasteiger partial charge in [-0.15, -0.1) is 0 Å². The Kier molecular flexibility index (Phi) is 2.52. The van der Waals surface area contributed by atoms with Crippen molar-refractivity contribution < 1.29 is 14.3 Å². The highest BCUT2D eigenvalue weighted by Gasteiger charge is 2.38. The minimum absolute atomic E-state index is 0.00956. The monoisotopic (exact) mass is 209 g/mol. The lowest BCUT2D eigenvalue weighted by molar-refractivity contribution is 0.0640. The molecule has 82 valence electrons. The number of hydrogen-bond acceptors (Lipinski definition) is 3. The van der Waals surface area contributed by atoms with E-state index in [1.165, 1.54) is 6.26 Å². The molecule has 4 nitrogen and oxygen atoms in total. The molecule has 1 aliphatic rings. The Labute approximate surface area is 88.3 Å². The third-order valence-electron chi connectivity index (χ3n) is 3.10. The van der Waals surface area contributed by atoms with Crippen molar-refractivity contribution in [1.82, 2.24) is 5.32 Å². The van der Waals surface area contributed by atoms with E-state index in [2.05, 4.69) is 5.32 Å². The summed E-state index contributed by atoms with van der Waals surface area (Å²) < 4.78 is 5.06. The Morgan fingerprint density at radius 1 is 1.67 bits per heavy atom. The molecule has 1 heterocycles. The highest BCUT2D eigenvalue weighted by molar-refractivity contribution is 5.95. The van der Waals surface area contributed by atoms with Crippen molar-refractivity contribution in [2.24, 2.45) is 0 Å². The first kappa shape index (κ1) is 10.2. The number of aryl methyl sites for hydroxylation is 1. The quantitative estimate of drug-likeness (QED) is 0.787. The predicted molar refractivity (Wildman–Crippen MR) is 54.6 cm³/mol. The Morgan fingerprint density at radius 2 is 2.40 bits per heavy atom. The van der Waals surface area contributed by atoms with E-state index in [-0.39, 0.29) is 18.1 Å². The zero-order chi connectivity index (χ0) is 10.9. The summed E-state index contributed by atoms with van der Waals surface area (Å²) in [5.41, 5.74) is 0.163. The summed E-state index contributed by atoms with van der Waals surface area (Å²) in [7, 11) is 0. The Balaban J connectivity index is 2.07. The van der Waals surface area contributed by atoms with Crippen molar-refractivity contribution in [2.75, 3.05) is 6.61 Å². The van der Waals surface area contributed by atoms with Gasteiger partial charge in [-0.25, -0.2) is 0 Å². The Bertz CT molecular complexity index is 360. The fourth-order valence-electron chi connectivity index (χ4n) is 1.85. The molecular weight excluding hydrogens is 194 g/mol. The van der Waals surface area contributed by atoms with E-state index in [0.29, 0.717) is 11.3 Å². The second-order valence-electron chi connectivity index (χ2n) is 4.14. The van der Waals surface area contributed by atoms with Crippen LogP contribution in [-0.2, 0) is 0 Å². The van der Waals surface area contributed by atoms with Gasteiger partial charge in [-0.05, 0) is 32.3 Å². The lowest BCUT2D eigenvalue weighted by Crippen LogP contribution is -2.56. The van der Waals surface area contributed by atoms with E-state index >= 15 is 0 Å². The fraction of sp³-hybridized carbons (Fsp3) is 0.545. The molecule has 1 aromatic heterocycles. The van der Waals surface area contributed by atoms with Crippen LogP contribution in [0.1, 0.15) is 35.4 Å². The number of carbonyl (C=O) groups excluding carboxylic acids is 1. The van der Waals surface area contributed by atoms with Gasteiger partial charge in [0.15, 0.2) is 0 Å². The number of nitrogens with one attached hydrogen (secondary N) is 1. The van der Waals surface area contributed by atoms with Gasteiger partial charge in [0.2, 0.25) is 0 Å². The van der Waals surface area contributed by atoms with Crippen LogP contribution in [0.2, 0.25) is 0 Å². The summed E-state index contributed by atoms with van der Waals surface area (Å²) in [6.07, 6.45) is 4.26. The molecule has 15 heavy (non-hydrogen) atoms. The van der Waals surface area contributed by atoms with Gasteiger partial charge in [0.05, 0.1) is 24.0 Å². The molecule has 0 saturated heterocycles. The normalized spacial score (nSPS) is 18.3. The number of carbonyl (C=O) groups is 1. The van der Waals surface area contributed by atoms with Crippen LogP contribution in [-0.4, -0.2) is 23.2 Å². The summed E-state index contributed by atoms with van der Waals surface area (Å²) >= 11 is 0. The third kappa shape index (κ3) is 1.77. The number of amides is 1. The molecule has 1 aromatic rings. The van der Waals surface area contributed by atoms with Gasteiger partial charge in [-0.2, -0.15) is 0 Å². The van der Waals surface area contributed by atoms with Crippen LogP contribution in [0, 0.1) is 6.92 Å². The molecule has 2 N–H and O–H groups in total. The van der Waals surface area contributed by atoms with Crippen molar-refractivity contribution >= 4 is 5.91 Å². The lowest BCUT2D eigenvalue weighted by atomic mass is 9.77. The molecule has 2 rings (SSSR count). The van der Waals surface area contributed by atoms with E-state index in [4.69, 9.17) is 4.42 Å². The first-order chi connectivity index (χ1) is 7.17. The number of aliphatic hydroxyl groups is 1. The van der Waals surface area contributed by atoms with Crippen molar-refractivity contribution in [2.45, 2.75) is 31.7 Å². The first-order valence-electron chi connectivity index (χ1n) is 5.14. The molecule has 0 aromatic carbocycles. The van der Waals surface area contributed by atoms with Crippen LogP contribution in [0.4, 0.5) is 0 Å². The van der Waals surface area contributed by atoms with Gasteiger partial charge in [-0.3, -0.25) is 4.79 Å². The van der Waals surface area contributed by atoms with Crippen LogP contribution in [0.25, 0.3) is 0 Å². The van der Waals surface area contributed by atoms with E-state index in [0.717, 1.165) is 19.3 Å². The number of aliphatic hydroxyl groups excluding tert-OH is 1. The molecule has 0 aliphatic heterocycles. The maximum absolute atomic E-state index is 11.8. The smallest absolute Gasteiger partial charge is 0.255 e. The molecule has 1 fully saturated rings. The maximum Gasteiger partial charge on any atom is 0.255 e. The molecule has 0 radical (unpaired) electrons. The molecular formula is C11H15NO3. The van der Waals surface area contributed by atoms with Crippen LogP contribution in [0.3, 0.4) is 0 Å². The number of furan rings is 1. The minimum atomic E-state index is -0.388. The highest BCUT2D eigenvalue weighted by Crippen LogP contribution is 2.31. The van der Waals surface area contributed by atoms with Crippen LogP contribution in [0.5, 0.6) is 0 Å². The topological polar surface area (TPSA) is 62.5 Å². The second-order valence-corrected chi connectivity index (χ2v) is 4.14. The van der Waals surface area contributed by atoms with Crippen molar-refractivity contribution in [3.8, 4) is 0 Å². The van der Waals surface area contributed by atoms with E-state index in [1.54, 1.807) is 13.0 Å². The number of rotatable bonds is 3. The SMILES string of the molecule is Cc1occc1C(=O)NC1(CO)CCC1. The number of hydrogen-bond donors (Lipinski definition) is 2. The molecule has 1 saturated carbocycles. The standard InChI is InChI=1S/C11H15NO3/c1-8-9(3-6-15-8)10(14)12-11(7-13)4-2-5-11/h3,6,13H,2,4-5,7H2,1H3,(H,12,14). The van der Waals surface area contributed by atoms with Crippen molar-refractivity contribution in [1.29, 1.82) is 0 Å². The molecule has 1 amide bonds. The third-order valence-corrected chi connectivity index (χ3v) is 3.10. The van der Waals surface area contributed by atoms with Gasteiger partial charge in [0, 0.05) is 0 Å². The van der Waals surface area contributed by atoms with Crippen molar-refractivity contribution in [3.63, 3.8) is 0 Å². The summed E-state index contributed by atoms with van der Waals surface area (Å²) in [5, 5.41) is 12.1. The molecule has 0 bridgehead atoms. The summed E-state index contributed by atoms with van der Waals surface area (Å²) in [6.45, 7) is 1.76. The van der Waals surface area contributed by atoms with Crippen molar-refractivity contribution in [3.05, 3.63) is 23.7 Å². The first-order valence-corrected chi connectivity index (χ1v) is 5.14. The van der Waals surface area contributed by atoms with E-state index in [1.807, 2.05) is 0 Å². The highest BCUT2D eigenvalue weighted by atomic mass is 16.3. The zero-order valence-electron chi connectivity index (χ0n) is 8.75. The van der Waals surface area contributed by atoms with Gasteiger partial charge < -0.3 is 14.8 Å². The van der Waals surface area contributed by atoms with Crippen LogP contribution < -0.4 is 5.32 Å². The summed E-state index contributed by atoms with van der Waals surface area (Å²) in [4.78, 5) is 11.8.